The smallest absolute Gasteiger partial charge is 0.256 e. The van der Waals surface area contributed by atoms with E-state index in [1.165, 1.54) is 11.3 Å². The molecule has 2 aromatic rings. The second-order valence-electron chi connectivity index (χ2n) is 3.98. The van der Waals surface area contributed by atoms with Gasteiger partial charge in [0.1, 0.15) is 4.99 Å². The Balaban J connectivity index is 2.33. The zero-order valence-corrected chi connectivity index (χ0v) is 13.3. The van der Waals surface area contributed by atoms with Crippen LogP contribution in [0.3, 0.4) is 0 Å². The van der Waals surface area contributed by atoms with Gasteiger partial charge in [-0.15, -0.1) is 0 Å². The maximum atomic E-state index is 12.2. The van der Waals surface area contributed by atoms with Gasteiger partial charge in [-0.2, -0.15) is 11.3 Å². The fourth-order valence-corrected chi connectivity index (χ4v) is 2.98. The minimum atomic E-state index is -0.158. The maximum absolute atomic E-state index is 12.2. The van der Waals surface area contributed by atoms with Gasteiger partial charge < -0.3 is 11.1 Å². The van der Waals surface area contributed by atoms with E-state index < -0.39 is 0 Å². The number of thiocarbonyl (C=S) groups is 1. The zero-order chi connectivity index (χ0) is 14.0. The quantitative estimate of drug-likeness (QED) is 0.826. The summed E-state index contributed by atoms with van der Waals surface area (Å²) in [5.74, 6) is -0.158. The van der Waals surface area contributed by atoms with Crippen LogP contribution in [0.25, 0.3) is 0 Å². The van der Waals surface area contributed by atoms with E-state index in [9.17, 15) is 4.79 Å². The van der Waals surface area contributed by atoms with E-state index in [0.717, 1.165) is 10.0 Å². The second-order valence-corrected chi connectivity index (χ2v) is 6.08. The van der Waals surface area contributed by atoms with Crippen LogP contribution in [0, 0.1) is 6.92 Å². The Morgan fingerprint density at radius 1 is 1.37 bits per heavy atom. The van der Waals surface area contributed by atoms with Crippen molar-refractivity contribution >= 4 is 56.1 Å². The van der Waals surface area contributed by atoms with Crippen LogP contribution in [0.1, 0.15) is 21.5 Å². The summed E-state index contributed by atoms with van der Waals surface area (Å²) in [5.41, 5.74) is 8.54. The average Bonchev–Trinajstić information content (AvgIpc) is 2.75. The van der Waals surface area contributed by atoms with Crippen LogP contribution in [-0.4, -0.2) is 10.9 Å². The molecule has 0 atom stereocenters. The fourth-order valence-electron chi connectivity index (χ4n) is 1.62. The summed E-state index contributed by atoms with van der Waals surface area (Å²) < 4.78 is 0.852. The lowest BCUT2D eigenvalue weighted by atomic mass is 10.1. The van der Waals surface area contributed by atoms with Crippen molar-refractivity contribution in [1.82, 2.24) is 0 Å². The van der Waals surface area contributed by atoms with Gasteiger partial charge in [0.25, 0.3) is 5.91 Å². The number of nitrogens with one attached hydrogen (secondary N) is 1. The van der Waals surface area contributed by atoms with Gasteiger partial charge in [-0.05, 0) is 36.1 Å². The van der Waals surface area contributed by atoms with E-state index in [4.69, 9.17) is 18.0 Å². The molecule has 19 heavy (non-hydrogen) atoms. The number of rotatable bonds is 3. The molecule has 0 aliphatic heterocycles. The lowest BCUT2D eigenvalue weighted by molar-refractivity contribution is 0.102. The largest absolute Gasteiger partial charge is 0.389 e. The minimum Gasteiger partial charge on any atom is -0.389 e. The number of benzene rings is 1. The molecule has 0 saturated heterocycles. The van der Waals surface area contributed by atoms with Crippen LogP contribution >= 0.6 is 39.5 Å². The lowest BCUT2D eigenvalue weighted by Crippen LogP contribution is -2.17. The Kier molecular flexibility index (Phi) is 4.34. The molecule has 0 saturated carbocycles. The van der Waals surface area contributed by atoms with Gasteiger partial charge in [-0.3, -0.25) is 4.79 Å². The average molecular weight is 355 g/mol. The minimum absolute atomic E-state index is 0.158. The topological polar surface area (TPSA) is 55.1 Å². The maximum Gasteiger partial charge on any atom is 0.256 e. The molecule has 0 spiro atoms. The number of aryl methyl sites for hydroxylation is 1. The summed E-state index contributed by atoms with van der Waals surface area (Å²) in [5, 5.41) is 6.60. The summed E-state index contributed by atoms with van der Waals surface area (Å²) in [7, 11) is 0. The molecular formula is C13H11BrN2OS2. The predicted molar refractivity (Wildman–Crippen MR) is 87.0 cm³/mol. The predicted octanol–water partition coefficient (Wildman–Crippen LogP) is 3.71. The number of carbonyl (C=O) groups excluding carboxylic acids is 1. The van der Waals surface area contributed by atoms with Crippen LogP contribution in [0.15, 0.2) is 33.4 Å². The molecule has 0 aliphatic carbocycles. The van der Waals surface area contributed by atoms with Crippen LogP contribution in [0.2, 0.25) is 0 Å². The molecule has 3 N–H and O–H groups in total. The Labute approximate surface area is 129 Å². The Bertz CT molecular complexity index is 652. The van der Waals surface area contributed by atoms with Gasteiger partial charge in [0.05, 0.1) is 11.3 Å². The Hall–Kier alpha value is -1.24. The fraction of sp³-hybridized carbons (Fsp3) is 0.0769. The Morgan fingerprint density at radius 2 is 2.11 bits per heavy atom. The Morgan fingerprint density at radius 3 is 2.68 bits per heavy atom. The number of amides is 1. The molecule has 0 unspecified atom stereocenters. The van der Waals surface area contributed by atoms with Crippen LogP contribution < -0.4 is 11.1 Å². The molecule has 1 heterocycles. The molecule has 3 nitrogen and oxygen atoms in total. The van der Waals surface area contributed by atoms with Gasteiger partial charge in [-0.1, -0.05) is 28.1 Å². The van der Waals surface area contributed by atoms with Crippen LogP contribution in [0.4, 0.5) is 5.69 Å². The molecule has 0 radical (unpaired) electrons. The third-order valence-corrected chi connectivity index (χ3v) is 4.17. The second kappa shape index (κ2) is 5.81. The van der Waals surface area contributed by atoms with Crippen molar-refractivity contribution in [2.45, 2.75) is 6.92 Å². The van der Waals surface area contributed by atoms with Crippen molar-refractivity contribution < 1.29 is 4.79 Å². The molecule has 2 rings (SSSR count). The highest BCUT2D eigenvalue weighted by Gasteiger charge is 2.13. The van der Waals surface area contributed by atoms with Crippen molar-refractivity contribution in [3.63, 3.8) is 0 Å². The summed E-state index contributed by atoms with van der Waals surface area (Å²) in [6.45, 7) is 1.90. The van der Waals surface area contributed by atoms with Gasteiger partial charge >= 0.3 is 0 Å². The van der Waals surface area contributed by atoms with E-state index in [-0.39, 0.29) is 10.9 Å². The number of nitrogens with two attached hydrogens (primary N) is 1. The van der Waals surface area contributed by atoms with Crippen molar-refractivity contribution in [3.8, 4) is 0 Å². The van der Waals surface area contributed by atoms with Gasteiger partial charge in [0, 0.05) is 15.4 Å². The van der Waals surface area contributed by atoms with E-state index in [1.807, 2.05) is 23.8 Å². The molecule has 0 bridgehead atoms. The van der Waals surface area contributed by atoms with Gasteiger partial charge in [0.2, 0.25) is 0 Å². The summed E-state index contributed by atoms with van der Waals surface area (Å²) in [6, 6.07) is 5.40. The highest BCUT2D eigenvalue weighted by Crippen LogP contribution is 2.23. The van der Waals surface area contributed by atoms with E-state index >= 15 is 0 Å². The number of anilines is 1. The summed E-state index contributed by atoms with van der Waals surface area (Å²) >= 11 is 9.85. The summed E-state index contributed by atoms with van der Waals surface area (Å²) in [4.78, 5) is 12.4. The van der Waals surface area contributed by atoms with Crippen molar-refractivity contribution in [2.75, 3.05) is 5.32 Å². The first-order valence-electron chi connectivity index (χ1n) is 5.42. The highest BCUT2D eigenvalue weighted by atomic mass is 79.9. The standard InChI is InChI=1S/C13H11BrN2OS2/c1-7-5-19-6-10(7)13(17)16-11-4-8(14)2-3-9(11)12(15)18/h2-6H,1H3,(H2,15,18)(H,16,17). The molecular weight excluding hydrogens is 344 g/mol. The monoisotopic (exact) mass is 354 g/mol. The van der Waals surface area contributed by atoms with Crippen molar-refractivity contribution in [2.24, 2.45) is 5.73 Å². The molecule has 1 aromatic heterocycles. The van der Waals surface area contributed by atoms with Crippen LogP contribution in [-0.2, 0) is 0 Å². The molecule has 0 fully saturated rings. The van der Waals surface area contributed by atoms with E-state index in [2.05, 4.69) is 21.2 Å². The lowest BCUT2D eigenvalue weighted by Gasteiger charge is -2.10. The zero-order valence-electron chi connectivity index (χ0n) is 10.1. The van der Waals surface area contributed by atoms with Crippen molar-refractivity contribution in [3.05, 3.63) is 50.1 Å². The number of hydrogen-bond donors (Lipinski definition) is 2. The number of halogens is 1. The van der Waals surface area contributed by atoms with Gasteiger partial charge in [0.15, 0.2) is 0 Å². The molecule has 1 amide bonds. The first-order chi connectivity index (χ1) is 8.99. The SMILES string of the molecule is Cc1cscc1C(=O)Nc1cc(Br)ccc1C(N)=S. The molecule has 1 aromatic carbocycles. The third-order valence-electron chi connectivity index (χ3n) is 2.60. The van der Waals surface area contributed by atoms with Crippen molar-refractivity contribution in [1.29, 1.82) is 0 Å². The van der Waals surface area contributed by atoms with Crippen LogP contribution in [0.5, 0.6) is 0 Å². The number of carbonyl (C=O) groups is 1. The highest BCUT2D eigenvalue weighted by molar-refractivity contribution is 9.10. The number of hydrogen-bond acceptors (Lipinski definition) is 3. The number of thiophene rings is 1. The normalized spacial score (nSPS) is 10.2. The van der Waals surface area contributed by atoms with E-state index in [1.54, 1.807) is 12.1 Å². The first-order valence-corrected chi connectivity index (χ1v) is 7.57. The molecule has 0 aliphatic rings. The first kappa shape index (κ1) is 14.2. The van der Waals surface area contributed by atoms with E-state index in [0.29, 0.717) is 16.8 Å². The van der Waals surface area contributed by atoms with Gasteiger partial charge in [-0.25, -0.2) is 0 Å². The third kappa shape index (κ3) is 3.20. The molecule has 98 valence electrons. The summed E-state index contributed by atoms with van der Waals surface area (Å²) in [6.07, 6.45) is 0. The molecule has 6 heteroatoms.